The maximum absolute atomic E-state index is 13.3. The molecule has 2 amide bonds. The monoisotopic (exact) mass is 517 g/mol. The fourth-order valence-electron chi connectivity index (χ4n) is 4.91. The number of carbonyl (C=O) groups is 2. The fraction of sp³-hybridized carbons (Fsp3) is 0.385. The van der Waals surface area contributed by atoms with Crippen molar-refractivity contribution in [3.63, 3.8) is 0 Å². The standard InChI is InChI=1S/C26H31N9O3/c1-2-4-17(8-12-36)31-24-23-20(32-26(27)33-24)13-30-35(23)14-16-6-7-19(18-5-3-9-29-22(16)18)25(38)34-11-10-28-21(37)15-34/h3,5-7,9,13,17,36H,2,4,8,10-12,14-15H2,1H3,(H,28,37)(H3,27,31,32,33)/t17-/m0/s1. The van der Waals surface area contributed by atoms with Gasteiger partial charge in [-0.15, -0.1) is 0 Å². The van der Waals surface area contributed by atoms with Crippen molar-refractivity contribution in [3.05, 3.63) is 47.8 Å². The zero-order valence-electron chi connectivity index (χ0n) is 21.2. The van der Waals surface area contributed by atoms with E-state index in [-0.39, 0.29) is 37.0 Å². The second-order valence-electron chi connectivity index (χ2n) is 9.36. The summed E-state index contributed by atoms with van der Waals surface area (Å²) in [7, 11) is 0. The third kappa shape index (κ3) is 5.07. The molecule has 1 fully saturated rings. The predicted octanol–water partition coefficient (Wildman–Crippen LogP) is 1.54. The van der Waals surface area contributed by atoms with Gasteiger partial charge in [0.05, 0.1) is 24.8 Å². The highest BCUT2D eigenvalue weighted by atomic mass is 16.3. The number of hydrogen-bond donors (Lipinski definition) is 4. The minimum atomic E-state index is -0.199. The predicted molar refractivity (Wildman–Crippen MR) is 144 cm³/mol. The number of rotatable bonds is 9. The van der Waals surface area contributed by atoms with E-state index in [4.69, 9.17) is 5.73 Å². The van der Waals surface area contributed by atoms with Gasteiger partial charge in [0, 0.05) is 42.9 Å². The van der Waals surface area contributed by atoms with Crippen molar-refractivity contribution in [1.82, 2.24) is 34.9 Å². The number of nitrogens with zero attached hydrogens (tertiary/aromatic N) is 6. The summed E-state index contributed by atoms with van der Waals surface area (Å²) in [6.45, 7) is 3.44. The summed E-state index contributed by atoms with van der Waals surface area (Å²) < 4.78 is 1.79. The number of nitrogens with one attached hydrogen (secondary N) is 2. The first-order valence-corrected chi connectivity index (χ1v) is 12.8. The maximum atomic E-state index is 13.3. The number of aromatic nitrogens is 5. The van der Waals surface area contributed by atoms with Crippen LogP contribution in [0.5, 0.6) is 0 Å². The molecular formula is C26H31N9O3. The number of piperazine rings is 1. The molecular weight excluding hydrogens is 486 g/mol. The van der Waals surface area contributed by atoms with Crippen LogP contribution in [0.15, 0.2) is 36.7 Å². The fourth-order valence-corrected chi connectivity index (χ4v) is 4.91. The normalized spacial score (nSPS) is 14.6. The smallest absolute Gasteiger partial charge is 0.255 e. The summed E-state index contributed by atoms with van der Waals surface area (Å²) in [6, 6.07) is 7.34. The molecule has 1 aliphatic heterocycles. The molecule has 4 heterocycles. The van der Waals surface area contributed by atoms with Gasteiger partial charge in [0.15, 0.2) is 5.82 Å². The van der Waals surface area contributed by atoms with Crippen LogP contribution in [-0.4, -0.2) is 78.8 Å². The van der Waals surface area contributed by atoms with Gasteiger partial charge in [-0.05, 0) is 30.5 Å². The summed E-state index contributed by atoms with van der Waals surface area (Å²) >= 11 is 0. The van der Waals surface area contributed by atoms with E-state index in [9.17, 15) is 14.7 Å². The van der Waals surface area contributed by atoms with Crippen molar-refractivity contribution < 1.29 is 14.7 Å². The van der Waals surface area contributed by atoms with E-state index < -0.39 is 0 Å². The molecule has 0 aliphatic carbocycles. The van der Waals surface area contributed by atoms with E-state index in [0.717, 1.165) is 18.4 Å². The molecule has 38 heavy (non-hydrogen) atoms. The van der Waals surface area contributed by atoms with E-state index in [1.165, 1.54) is 0 Å². The van der Waals surface area contributed by atoms with Crippen molar-refractivity contribution in [2.24, 2.45) is 0 Å². The van der Waals surface area contributed by atoms with Crippen LogP contribution in [0.4, 0.5) is 11.8 Å². The van der Waals surface area contributed by atoms with Crippen LogP contribution < -0.4 is 16.4 Å². The van der Waals surface area contributed by atoms with Crippen molar-refractivity contribution >= 4 is 45.5 Å². The molecule has 0 unspecified atom stereocenters. The number of anilines is 2. The second kappa shape index (κ2) is 11.0. The number of hydrogen-bond acceptors (Lipinski definition) is 9. The van der Waals surface area contributed by atoms with Gasteiger partial charge in [-0.1, -0.05) is 25.5 Å². The number of amides is 2. The lowest BCUT2D eigenvalue weighted by Crippen LogP contribution is -2.50. The van der Waals surface area contributed by atoms with Gasteiger partial charge in [0.2, 0.25) is 11.9 Å². The molecule has 12 heteroatoms. The van der Waals surface area contributed by atoms with Crippen LogP contribution in [0.2, 0.25) is 0 Å². The number of fused-ring (bicyclic) bond motifs is 2. The van der Waals surface area contributed by atoms with Crippen molar-refractivity contribution in [3.8, 4) is 0 Å². The van der Waals surface area contributed by atoms with Gasteiger partial charge >= 0.3 is 0 Å². The van der Waals surface area contributed by atoms with E-state index in [0.29, 0.717) is 59.4 Å². The number of nitrogen functional groups attached to an aromatic ring is 1. The van der Waals surface area contributed by atoms with E-state index in [1.54, 1.807) is 34.1 Å². The molecule has 1 atom stereocenters. The molecule has 12 nitrogen and oxygen atoms in total. The van der Waals surface area contributed by atoms with Gasteiger partial charge in [-0.25, -0.2) is 4.98 Å². The topological polar surface area (TPSA) is 164 Å². The first-order chi connectivity index (χ1) is 18.5. The summed E-state index contributed by atoms with van der Waals surface area (Å²) in [5, 5.41) is 21.0. The molecule has 5 rings (SSSR count). The summed E-state index contributed by atoms with van der Waals surface area (Å²) in [5.41, 5.74) is 9.32. The Labute approximate surface area is 219 Å². The number of nitrogens with two attached hydrogens (primary N) is 1. The SMILES string of the molecule is CCC[C@@H](CCO)Nc1nc(N)nc2cnn(Cc3ccc(C(=O)N4CCNC(=O)C4)c4cccnc34)c12. The van der Waals surface area contributed by atoms with Crippen molar-refractivity contribution in [2.45, 2.75) is 38.8 Å². The molecule has 1 aromatic carbocycles. The highest BCUT2D eigenvalue weighted by molar-refractivity contribution is 6.08. The molecule has 0 saturated carbocycles. The number of benzene rings is 1. The quantitative estimate of drug-likeness (QED) is 0.258. The molecule has 1 aliphatic rings. The third-order valence-electron chi connectivity index (χ3n) is 6.69. The van der Waals surface area contributed by atoms with Gasteiger partial charge in [-0.3, -0.25) is 19.3 Å². The Bertz CT molecular complexity index is 1480. The van der Waals surface area contributed by atoms with Crippen LogP contribution in [0.25, 0.3) is 21.9 Å². The largest absolute Gasteiger partial charge is 0.396 e. The maximum Gasteiger partial charge on any atom is 0.255 e. The van der Waals surface area contributed by atoms with E-state index in [1.807, 2.05) is 12.1 Å². The van der Waals surface area contributed by atoms with Crippen LogP contribution in [-0.2, 0) is 11.3 Å². The van der Waals surface area contributed by atoms with Crippen LogP contribution >= 0.6 is 0 Å². The van der Waals surface area contributed by atoms with E-state index >= 15 is 0 Å². The molecule has 1 saturated heterocycles. The van der Waals surface area contributed by atoms with Crippen LogP contribution in [0.1, 0.15) is 42.1 Å². The number of carbonyl (C=O) groups excluding carboxylic acids is 2. The number of aliphatic hydroxyl groups excluding tert-OH is 1. The Hall–Kier alpha value is -4.32. The summed E-state index contributed by atoms with van der Waals surface area (Å²) in [6.07, 6.45) is 5.73. The van der Waals surface area contributed by atoms with Crippen molar-refractivity contribution in [2.75, 3.05) is 37.3 Å². The zero-order chi connectivity index (χ0) is 26.6. The number of aliphatic hydroxyl groups is 1. The lowest BCUT2D eigenvalue weighted by molar-refractivity contribution is -0.123. The molecule has 198 valence electrons. The molecule has 0 bridgehead atoms. The van der Waals surface area contributed by atoms with Gasteiger partial charge in [-0.2, -0.15) is 10.1 Å². The molecule has 5 N–H and O–H groups in total. The summed E-state index contributed by atoms with van der Waals surface area (Å²) in [5.74, 6) is 0.335. The average Bonchev–Trinajstić information content (AvgIpc) is 3.31. The molecule has 0 spiro atoms. The van der Waals surface area contributed by atoms with Crippen molar-refractivity contribution in [1.29, 1.82) is 0 Å². The minimum absolute atomic E-state index is 0.0236. The Kier molecular flexibility index (Phi) is 7.31. The third-order valence-corrected chi connectivity index (χ3v) is 6.69. The average molecular weight is 518 g/mol. The molecule has 3 aromatic heterocycles. The van der Waals surface area contributed by atoms with Gasteiger partial charge in [0.25, 0.3) is 5.91 Å². The minimum Gasteiger partial charge on any atom is -0.396 e. The van der Waals surface area contributed by atoms with E-state index in [2.05, 4.69) is 37.6 Å². The molecule has 0 radical (unpaired) electrons. The Morgan fingerprint density at radius 2 is 2.13 bits per heavy atom. The van der Waals surface area contributed by atoms with Gasteiger partial charge in [0.1, 0.15) is 11.0 Å². The highest BCUT2D eigenvalue weighted by Gasteiger charge is 2.25. The zero-order valence-corrected chi connectivity index (χ0v) is 21.2. The second-order valence-corrected chi connectivity index (χ2v) is 9.36. The Morgan fingerprint density at radius 3 is 2.92 bits per heavy atom. The van der Waals surface area contributed by atoms with Crippen LogP contribution in [0, 0.1) is 0 Å². The summed E-state index contributed by atoms with van der Waals surface area (Å²) in [4.78, 5) is 40.1. The Morgan fingerprint density at radius 1 is 1.26 bits per heavy atom. The highest BCUT2D eigenvalue weighted by Crippen LogP contribution is 2.27. The number of pyridine rings is 1. The first-order valence-electron chi connectivity index (χ1n) is 12.8. The Balaban J connectivity index is 1.51. The van der Waals surface area contributed by atoms with Crippen LogP contribution in [0.3, 0.4) is 0 Å². The molecule has 4 aromatic rings. The lowest BCUT2D eigenvalue weighted by Gasteiger charge is -2.27. The van der Waals surface area contributed by atoms with Gasteiger partial charge < -0.3 is 26.4 Å². The first kappa shape index (κ1) is 25.3. The lowest BCUT2D eigenvalue weighted by atomic mass is 10.0.